The van der Waals surface area contributed by atoms with Gasteiger partial charge in [0, 0.05) is 17.3 Å². The molecular formula is C19H20ClN5. The van der Waals surface area contributed by atoms with E-state index in [-0.39, 0.29) is 0 Å². The summed E-state index contributed by atoms with van der Waals surface area (Å²) in [4.78, 5) is 8.51. The van der Waals surface area contributed by atoms with Crippen LogP contribution in [0.25, 0.3) is 0 Å². The van der Waals surface area contributed by atoms with E-state index in [0.29, 0.717) is 28.9 Å². The molecule has 0 aliphatic carbocycles. The fourth-order valence-corrected chi connectivity index (χ4v) is 2.55. The molecule has 0 radical (unpaired) electrons. The first-order valence-electron chi connectivity index (χ1n) is 7.96. The van der Waals surface area contributed by atoms with Crippen LogP contribution >= 0.6 is 11.6 Å². The monoisotopic (exact) mass is 353 g/mol. The zero-order valence-corrected chi connectivity index (χ0v) is 14.9. The van der Waals surface area contributed by atoms with Gasteiger partial charge in [-0.15, -0.1) is 0 Å². The Balaban J connectivity index is 1.77. The van der Waals surface area contributed by atoms with Crippen LogP contribution in [0, 0.1) is 13.8 Å². The molecule has 0 unspecified atom stereocenters. The van der Waals surface area contributed by atoms with Gasteiger partial charge in [0.25, 0.3) is 0 Å². The van der Waals surface area contributed by atoms with Crippen LogP contribution in [0.1, 0.15) is 16.7 Å². The number of aryl methyl sites for hydroxylation is 2. The molecule has 4 N–H and O–H groups in total. The highest BCUT2D eigenvalue weighted by Gasteiger charge is 2.09. The molecule has 0 saturated carbocycles. The van der Waals surface area contributed by atoms with E-state index in [1.165, 1.54) is 11.9 Å². The number of hydrogen-bond donors (Lipinski definition) is 3. The highest BCUT2D eigenvalue weighted by Crippen LogP contribution is 2.28. The summed E-state index contributed by atoms with van der Waals surface area (Å²) in [6.45, 7) is 4.69. The number of rotatable bonds is 5. The fraction of sp³-hybridized carbons (Fsp3) is 0.158. The number of halogens is 1. The number of anilines is 4. The first-order valence-corrected chi connectivity index (χ1v) is 8.34. The molecule has 1 heterocycles. The Hall–Kier alpha value is -2.79. The minimum absolute atomic E-state index is 0.484. The Kier molecular flexibility index (Phi) is 5.05. The number of nitrogens with two attached hydrogens (primary N) is 1. The third-order valence-corrected chi connectivity index (χ3v) is 4.16. The van der Waals surface area contributed by atoms with Crippen molar-refractivity contribution in [3.05, 3.63) is 70.5 Å². The van der Waals surface area contributed by atoms with E-state index in [2.05, 4.69) is 38.8 Å². The predicted molar refractivity (Wildman–Crippen MR) is 104 cm³/mol. The Morgan fingerprint density at radius 2 is 1.72 bits per heavy atom. The summed E-state index contributed by atoms with van der Waals surface area (Å²) in [7, 11) is 0. The molecule has 5 nitrogen and oxygen atoms in total. The lowest BCUT2D eigenvalue weighted by Crippen LogP contribution is -2.08. The van der Waals surface area contributed by atoms with Gasteiger partial charge >= 0.3 is 0 Å². The van der Waals surface area contributed by atoms with E-state index in [9.17, 15) is 0 Å². The molecule has 2 aromatic carbocycles. The van der Waals surface area contributed by atoms with E-state index < -0.39 is 0 Å². The van der Waals surface area contributed by atoms with Gasteiger partial charge in [-0.2, -0.15) is 0 Å². The molecule has 0 bridgehead atoms. The number of nitrogen functional groups attached to an aromatic ring is 1. The van der Waals surface area contributed by atoms with Crippen molar-refractivity contribution in [1.82, 2.24) is 9.97 Å². The van der Waals surface area contributed by atoms with Crippen molar-refractivity contribution in [3.63, 3.8) is 0 Å². The van der Waals surface area contributed by atoms with Gasteiger partial charge in [0.2, 0.25) is 0 Å². The van der Waals surface area contributed by atoms with Crippen LogP contribution in [0.2, 0.25) is 5.02 Å². The molecule has 25 heavy (non-hydrogen) atoms. The van der Waals surface area contributed by atoms with Crippen molar-refractivity contribution in [3.8, 4) is 0 Å². The van der Waals surface area contributed by atoms with Gasteiger partial charge in [-0.05, 0) is 48.7 Å². The summed E-state index contributed by atoms with van der Waals surface area (Å²) in [5, 5.41) is 7.25. The standard InChI is InChI=1S/C19H20ClN5/c1-12-3-4-13(2)16(9-12)25-19-17(21)18(23-11-24-19)22-10-14-5-7-15(20)8-6-14/h3-9,11H,10,21H2,1-2H3,(H2,22,23,24,25). The molecule has 0 atom stereocenters. The summed E-state index contributed by atoms with van der Waals surface area (Å²) >= 11 is 5.91. The van der Waals surface area contributed by atoms with E-state index in [0.717, 1.165) is 16.8 Å². The predicted octanol–water partition coefficient (Wildman–Crippen LogP) is 4.68. The number of benzene rings is 2. The van der Waals surface area contributed by atoms with Crippen LogP contribution < -0.4 is 16.4 Å². The highest BCUT2D eigenvalue weighted by molar-refractivity contribution is 6.30. The van der Waals surface area contributed by atoms with Crippen molar-refractivity contribution in [2.45, 2.75) is 20.4 Å². The van der Waals surface area contributed by atoms with Crippen molar-refractivity contribution < 1.29 is 0 Å². The number of nitrogens with zero attached hydrogens (tertiary/aromatic N) is 2. The van der Waals surface area contributed by atoms with Crippen LogP contribution in [0.3, 0.4) is 0 Å². The fourth-order valence-electron chi connectivity index (χ4n) is 2.42. The lowest BCUT2D eigenvalue weighted by atomic mass is 10.1. The number of hydrogen-bond acceptors (Lipinski definition) is 5. The molecule has 128 valence electrons. The second-order valence-electron chi connectivity index (χ2n) is 5.91. The Bertz CT molecular complexity index is 877. The second-order valence-corrected chi connectivity index (χ2v) is 6.34. The minimum atomic E-state index is 0.484. The summed E-state index contributed by atoms with van der Waals surface area (Å²) in [5.74, 6) is 1.18. The topological polar surface area (TPSA) is 75.9 Å². The summed E-state index contributed by atoms with van der Waals surface area (Å²) in [5.41, 5.74) is 11.1. The average molecular weight is 354 g/mol. The molecule has 0 aliphatic rings. The molecular weight excluding hydrogens is 334 g/mol. The van der Waals surface area contributed by atoms with Crippen molar-refractivity contribution in [1.29, 1.82) is 0 Å². The van der Waals surface area contributed by atoms with Crippen molar-refractivity contribution >= 4 is 34.6 Å². The summed E-state index contributed by atoms with van der Waals surface area (Å²) < 4.78 is 0. The molecule has 1 aromatic heterocycles. The average Bonchev–Trinajstić information content (AvgIpc) is 2.60. The third kappa shape index (κ3) is 4.19. The Morgan fingerprint density at radius 3 is 2.48 bits per heavy atom. The largest absolute Gasteiger partial charge is 0.393 e. The van der Waals surface area contributed by atoms with E-state index >= 15 is 0 Å². The van der Waals surface area contributed by atoms with Crippen LogP contribution in [0.5, 0.6) is 0 Å². The van der Waals surface area contributed by atoms with Gasteiger partial charge < -0.3 is 16.4 Å². The maximum Gasteiger partial charge on any atom is 0.159 e. The zero-order chi connectivity index (χ0) is 17.8. The number of nitrogens with one attached hydrogen (secondary N) is 2. The van der Waals surface area contributed by atoms with Crippen molar-refractivity contribution in [2.75, 3.05) is 16.4 Å². The van der Waals surface area contributed by atoms with E-state index in [1.54, 1.807) is 0 Å². The van der Waals surface area contributed by atoms with Gasteiger partial charge in [-0.25, -0.2) is 9.97 Å². The van der Waals surface area contributed by atoms with Gasteiger partial charge in [0.1, 0.15) is 12.0 Å². The third-order valence-electron chi connectivity index (χ3n) is 3.90. The number of aromatic nitrogens is 2. The van der Waals surface area contributed by atoms with Gasteiger partial charge in [0.15, 0.2) is 11.6 Å². The highest BCUT2D eigenvalue weighted by atomic mass is 35.5. The molecule has 3 aromatic rings. The SMILES string of the molecule is Cc1ccc(C)c(Nc2ncnc(NCc3ccc(Cl)cc3)c2N)c1. The normalized spacial score (nSPS) is 10.5. The van der Waals surface area contributed by atoms with Crippen LogP contribution in [0.15, 0.2) is 48.8 Å². The van der Waals surface area contributed by atoms with Crippen LogP contribution in [-0.4, -0.2) is 9.97 Å². The van der Waals surface area contributed by atoms with E-state index in [1.807, 2.05) is 38.1 Å². The smallest absolute Gasteiger partial charge is 0.159 e. The van der Waals surface area contributed by atoms with E-state index in [4.69, 9.17) is 17.3 Å². The second kappa shape index (κ2) is 7.40. The van der Waals surface area contributed by atoms with Crippen LogP contribution in [-0.2, 0) is 6.54 Å². The molecule has 0 saturated heterocycles. The zero-order valence-electron chi connectivity index (χ0n) is 14.2. The lowest BCUT2D eigenvalue weighted by molar-refractivity contribution is 1.09. The molecule has 0 spiro atoms. The minimum Gasteiger partial charge on any atom is -0.393 e. The van der Waals surface area contributed by atoms with Crippen LogP contribution in [0.4, 0.5) is 23.0 Å². The van der Waals surface area contributed by atoms with Crippen molar-refractivity contribution in [2.24, 2.45) is 0 Å². The Labute approximate surface area is 152 Å². The summed E-state index contributed by atoms with van der Waals surface area (Å²) in [6.07, 6.45) is 1.49. The van der Waals surface area contributed by atoms with Gasteiger partial charge in [-0.3, -0.25) is 0 Å². The maximum atomic E-state index is 6.24. The first-order chi connectivity index (χ1) is 12.0. The lowest BCUT2D eigenvalue weighted by Gasteiger charge is -2.14. The maximum absolute atomic E-state index is 6.24. The molecule has 0 amide bonds. The van der Waals surface area contributed by atoms with Gasteiger partial charge in [-0.1, -0.05) is 35.9 Å². The molecule has 6 heteroatoms. The summed E-state index contributed by atoms with van der Waals surface area (Å²) in [6, 6.07) is 13.8. The Morgan fingerprint density at radius 1 is 1.00 bits per heavy atom. The molecule has 0 aliphatic heterocycles. The molecule has 3 rings (SSSR count). The molecule has 0 fully saturated rings. The first kappa shape index (κ1) is 17.0. The quantitative estimate of drug-likeness (QED) is 0.620. The van der Waals surface area contributed by atoms with Gasteiger partial charge in [0.05, 0.1) is 0 Å².